The van der Waals surface area contributed by atoms with Crippen LogP contribution < -0.4 is 9.47 Å². The van der Waals surface area contributed by atoms with Crippen LogP contribution in [0.4, 0.5) is 8.78 Å². The van der Waals surface area contributed by atoms with Crippen LogP contribution in [0.1, 0.15) is 19.4 Å². The van der Waals surface area contributed by atoms with Gasteiger partial charge in [-0.1, -0.05) is 13.0 Å². The fourth-order valence-electron chi connectivity index (χ4n) is 1.41. The van der Waals surface area contributed by atoms with E-state index in [9.17, 15) is 13.6 Å². The highest BCUT2D eigenvalue weighted by atomic mass is 19.3. The molecule has 0 unspecified atom stereocenters. The normalized spacial score (nSPS) is 11.0. The number of rotatable bonds is 6. The highest BCUT2D eigenvalue weighted by Crippen LogP contribution is 2.32. The van der Waals surface area contributed by atoms with Gasteiger partial charge in [0.1, 0.15) is 0 Å². The number of hydrogen-bond acceptors (Lipinski definition) is 4. The van der Waals surface area contributed by atoms with Crippen molar-refractivity contribution in [2.45, 2.75) is 26.4 Å². The van der Waals surface area contributed by atoms with Gasteiger partial charge in [-0.15, -0.1) is 0 Å². The molecule has 0 radical (unpaired) electrons. The maximum Gasteiger partial charge on any atom is 0.502 e. The van der Waals surface area contributed by atoms with Gasteiger partial charge in [0, 0.05) is 0 Å². The SMILES string of the molecule is CCOC(=O)C(F)(F)Oc1ccc(CC)cc1OC. The highest BCUT2D eigenvalue weighted by Gasteiger charge is 2.44. The second-order valence-electron chi connectivity index (χ2n) is 3.68. The summed E-state index contributed by atoms with van der Waals surface area (Å²) in [7, 11) is 1.34. The minimum absolute atomic E-state index is 0.142. The number of aryl methyl sites for hydroxylation is 1. The third kappa shape index (κ3) is 3.81. The Labute approximate surface area is 110 Å². The first-order chi connectivity index (χ1) is 8.94. The summed E-state index contributed by atoms with van der Waals surface area (Å²) in [6.07, 6.45) is -3.32. The quantitative estimate of drug-likeness (QED) is 0.748. The summed E-state index contributed by atoms with van der Waals surface area (Å²) < 4.78 is 40.5. The van der Waals surface area contributed by atoms with Crippen molar-refractivity contribution < 1.29 is 27.8 Å². The maximum absolute atomic E-state index is 13.4. The van der Waals surface area contributed by atoms with Crippen LogP contribution in [0.3, 0.4) is 0 Å². The Kier molecular flexibility index (Phi) is 5.09. The molecule has 4 nitrogen and oxygen atoms in total. The lowest BCUT2D eigenvalue weighted by Crippen LogP contribution is -2.37. The Bertz CT molecular complexity index is 446. The predicted octanol–water partition coefficient (Wildman–Crippen LogP) is 2.79. The average molecular weight is 274 g/mol. The van der Waals surface area contributed by atoms with Crippen LogP contribution in [0, 0.1) is 0 Å². The maximum atomic E-state index is 13.4. The Morgan fingerprint density at radius 3 is 2.47 bits per heavy atom. The molecule has 0 bridgehead atoms. The lowest BCUT2D eigenvalue weighted by Gasteiger charge is -2.18. The van der Waals surface area contributed by atoms with Crippen LogP contribution in [0.25, 0.3) is 0 Å². The molecule has 106 valence electrons. The second kappa shape index (κ2) is 6.36. The molecule has 0 aliphatic carbocycles. The number of carbonyl (C=O) groups excluding carboxylic acids is 1. The van der Waals surface area contributed by atoms with E-state index < -0.39 is 12.1 Å². The van der Waals surface area contributed by atoms with Crippen molar-refractivity contribution in [2.24, 2.45) is 0 Å². The van der Waals surface area contributed by atoms with Gasteiger partial charge < -0.3 is 14.2 Å². The molecule has 0 aromatic heterocycles. The van der Waals surface area contributed by atoms with Crippen LogP contribution in [0.2, 0.25) is 0 Å². The Hall–Kier alpha value is -1.85. The van der Waals surface area contributed by atoms with Gasteiger partial charge in [-0.25, -0.2) is 4.79 Å². The van der Waals surface area contributed by atoms with Crippen molar-refractivity contribution >= 4 is 5.97 Å². The highest BCUT2D eigenvalue weighted by molar-refractivity contribution is 5.76. The Morgan fingerprint density at radius 1 is 1.26 bits per heavy atom. The lowest BCUT2D eigenvalue weighted by atomic mass is 10.1. The largest absolute Gasteiger partial charge is 0.502 e. The zero-order valence-electron chi connectivity index (χ0n) is 11.0. The molecule has 0 aliphatic rings. The predicted molar refractivity (Wildman–Crippen MR) is 64.6 cm³/mol. The van der Waals surface area contributed by atoms with Crippen molar-refractivity contribution in [2.75, 3.05) is 13.7 Å². The van der Waals surface area contributed by atoms with Gasteiger partial charge in [0.05, 0.1) is 13.7 Å². The zero-order valence-corrected chi connectivity index (χ0v) is 11.0. The van der Waals surface area contributed by atoms with E-state index in [1.54, 1.807) is 12.1 Å². The third-order valence-electron chi connectivity index (χ3n) is 2.39. The summed E-state index contributed by atoms with van der Waals surface area (Å²) in [5, 5.41) is 0. The van der Waals surface area contributed by atoms with Gasteiger partial charge in [0.15, 0.2) is 11.5 Å². The van der Waals surface area contributed by atoms with Crippen LogP contribution >= 0.6 is 0 Å². The van der Waals surface area contributed by atoms with Gasteiger partial charge in [0.25, 0.3) is 0 Å². The molecule has 19 heavy (non-hydrogen) atoms. The molecular formula is C13H16F2O4. The van der Waals surface area contributed by atoms with E-state index >= 15 is 0 Å². The van der Waals surface area contributed by atoms with Gasteiger partial charge in [-0.3, -0.25) is 0 Å². The van der Waals surface area contributed by atoms with E-state index in [-0.39, 0.29) is 18.1 Å². The number of alkyl halides is 2. The Balaban J connectivity index is 2.95. The molecule has 0 saturated heterocycles. The number of halogens is 2. The van der Waals surface area contributed by atoms with E-state index in [1.807, 2.05) is 6.92 Å². The minimum Gasteiger partial charge on any atom is -0.493 e. The first-order valence-corrected chi connectivity index (χ1v) is 5.85. The average Bonchev–Trinajstić information content (AvgIpc) is 2.39. The summed E-state index contributed by atoms with van der Waals surface area (Å²) >= 11 is 0. The number of methoxy groups -OCH3 is 1. The van der Waals surface area contributed by atoms with E-state index in [4.69, 9.17) is 4.74 Å². The molecule has 0 N–H and O–H groups in total. The molecule has 1 aromatic rings. The van der Waals surface area contributed by atoms with Crippen molar-refractivity contribution in [3.05, 3.63) is 23.8 Å². The van der Waals surface area contributed by atoms with E-state index in [0.29, 0.717) is 0 Å². The molecule has 1 aromatic carbocycles. The molecular weight excluding hydrogens is 258 g/mol. The topological polar surface area (TPSA) is 44.8 Å². The van der Waals surface area contributed by atoms with Crippen molar-refractivity contribution in [3.63, 3.8) is 0 Å². The van der Waals surface area contributed by atoms with E-state index in [0.717, 1.165) is 12.0 Å². The molecule has 0 saturated carbocycles. The molecule has 0 fully saturated rings. The number of hydrogen-bond donors (Lipinski definition) is 0. The summed E-state index contributed by atoms with van der Waals surface area (Å²) in [6.45, 7) is 3.21. The lowest BCUT2D eigenvalue weighted by molar-refractivity contribution is -0.216. The fraction of sp³-hybridized carbons (Fsp3) is 0.462. The number of ether oxygens (including phenoxy) is 3. The van der Waals surface area contributed by atoms with Crippen molar-refractivity contribution in [1.29, 1.82) is 0 Å². The summed E-state index contributed by atoms with van der Waals surface area (Å²) in [4.78, 5) is 11.1. The molecule has 0 amide bonds. The monoisotopic (exact) mass is 274 g/mol. The Morgan fingerprint density at radius 2 is 1.95 bits per heavy atom. The first-order valence-electron chi connectivity index (χ1n) is 5.85. The third-order valence-corrected chi connectivity index (χ3v) is 2.39. The standard InChI is InChI=1S/C13H16F2O4/c1-4-9-6-7-10(11(8-9)17-3)19-13(14,15)12(16)18-5-2/h6-8H,4-5H2,1-3H3. The van der Waals surface area contributed by atoms with Crippen LogP contribution in [-0.2, 0) is 16.0 Å². The minimum atomic E-state index is -4.04. The molecule has 0 heterocycles. The number of esters is 1. The van der Waals surface area contributed by atoms with Crippen molar-refractivity contribution in [3.8, 4) is 11.5 Å². The van der Waals surface area contributed by atoms with Crippen LogP contribution in [0.15, 0.2) is 18.2 Å². The molecule has 1 rings (SSSR count). The van der Waals surface area contributed by atoms with Crippen LogP contribution in [0.5, 0.6) is 11.5 Å². The molecule has 6 heteroatoms. The zero-order chi connectivity index (χ0) is 14.5. The summed E-state index contributed by atoms with van der Waals surface area (Å²) in [5.74, 6) is -1.79. The summed E-state index contributed by atoms with van der Waals surface area (Å²) in [5.41, 5.74) is 0.906. The number of benzene rings is 1. The van der Waals surface area contributed by atoms with E-state index in [1.165, 1.54) is 20.1 Å². The van der Waals surface area contributed by atoms with Crippen LogP contribution in [-0.4, -0.2) is 25.8 Å². The van der Waals surface area contributed by atoms with Gasteiger partial charge in [-0.2, -0.15) is 8.78 Å². The first kappa shape index (κ1) is 15.2. The number of carbonyl (C=O) groups is 1. The van der Waals surface area contributed by atoms with Gasteiger partial charge in [0.2, 0.25) is 0 Å². The smallest absolute Gasteiger partial charge is 0.493 e. The second-order valence-corrected chi connectivity index (χ2v) is 3.68. The molecule has 0 aliphatic heterocycles. The molecule has 0 spiro atoms. The summed E-state index contributed by atoms with van der Waals surface area (Å²) in [6, 6.07) is 4.54. The van der Waals surface area contributed by atoms with Gasteiger partial charge in [-0.05, 0) is 31.0 Å². The fourth-order valence-corrected chi connectivity index (χ4v) is 1.41. The van der Waals surface area contributed by atoms with Crippen molar-refractivity contribution in [1.82, 2.24) is 0 Å². The van der Waals surface area contributed by atoms with Gasteiger partial charge >= 0.3 is 12.1 Å². The molecule has 0 atom stereocenters. The van der Waals surface area contributed by atoms with E-state index in [2.05, 4.69) is 9.47 Å².